The Morgan fingerprint density at radius 3 is 2.57 bits per heavy atom. The van der Waals surface area contributed by atoms with Gasteiger partial charge < -0.3 is 16.6 Å². The summed E-state index contributed by atoms with van der Waals surface area (Å²) in [5.74, 6) is -0.559. The van der Waals surface area contributed by atoms with E-state index < -0.39 is 5.91 Å². The number of fused-ring (bicyclic) bond motifs is 1. The number of carbonyl (C=O) groups is 1. The zero-order chi connectivity index (χ0) is 20.0. The van der Waals surface area contributed by atoms with E-state index in [1.165, 1.54) is 11.3 Å². The summed E-state index contributed by atoms with van der Waals surface area (Å²) in [6.45, 7) is 3.72. The van der Waals surface area contributed by atoms with E-state index in [1.807, 2.05) is 31.2 Å². The Morgan fingerprint density at radius 2 is 1.86 bits per heavy atom. The third kappa shape index (κ3) is 2.86. The number of para-hydroxylation sites is 1. The Balaban J connectivity index is 2.03. The first-order valence-corrected chi connectivity index (χ1v) is 9.44. The van der Waals surface area contributed by atoms with Gasteiger partial charge in [-0.2, -0.15) is 0 Å². The van der Waals surface area contributed by atoms with E-state index in [9.17, 15) is 9.90 Å². The van der Waals surface area contributed by atoms with Crippen LogP contribution in [0.4, 0.5) is 5.69 Å². The minimum absolute atomic E-state index is 0.00565. The van der Waals surface area contributed by atoms with E-state index in [0.29, 0.717) is 21.8 Å². The molecule has 28 heavy (non-hydrogen) atoms. The maximum Gasteiger partial charge on any atom is 0.269 e. The van der Waals surface area contributed by atoms with Crippen molar-refractivity contribution >= 4 is 33.1 Å². The molecule has 4 rings (SSSR count). The van der Waals surface area contributed by atoms with E-state index in [-0.39, 0.29) is 17.1 Å². The number of nitrogen functional groups attached to an aromatic ring is 1. The number of phenols is 1. The van der Waals surface area contributed by atoms with E-state index in [1.54, 1.807) is 25.1 Å². The summed E-state index contributed by atoms with van der Waals surface area (Å²) >= 11 is 1.48. The number of aromatic nitrogens is 2. The van der Waals surface area contributed by atoms with Crippen LogP contribution >= 0.6 is 11.3 Å². The van der Waals surface area contributed by atoms with E-state index in [0.717, 1.165) is 21.3 Å². The topological polar surface area (TPSA) is 115 Å². The summed E-state index contributed by atoms with van der Waals surface area (Å²) in [7, 11) is 0. The molecule has 0 unspecified atom stereocenters. The van der Waals surface area contributed by atoms with Crippen molar-refractivity contribution < 1.29 is 9.90 Å². The maximum atomic E-state index is 12.0. The molecule has 0 spiro atoms. The fraction of sp³-hybridized carbons (Fsp3) is 0.0952. The first-order chi connectivity index (χ1) is 13.4. The third-order valence-electron chi connectivity index (χ3n) is 4.72. The van der Waals surface area contributed by atoms with Gasteiger partial charge in [-0.1, -0.05) is 18.2 Å². The SMILES string of the molecule is Cc1ccc(O)c(C)c1-c1cc(-c2nc3ccccc3s2)nc(C(N)=O)c1N. The van der Waals surface area contributed by atoms with Crippen LogP contribution in [0.25, 0.3) is 32.0 Å². The monoisotopic (exact) mass is 390 g/mol. The number of thiazole rings is 1. The van der Waals surface area contributed by atoms with Crippen molar-refractivity contribution in [2.75, 3.05) is 5.73 Å². The minimum atomic E-state index is -0.711. The molecule has 0 atom stereocenters. The average Bonchev–Trinajstić information content (AvgIpc) is 3.10. The lowest BCUT2D eigenvalue weighted by molar-refractivity contribution is 0.0996. The first-order valence-electron chi connectivity index (χ1n) is 8.62. The summed E-state index contributed by atoms with van der Waals surface area (Å²) in [4.78, 5) is 21.0. The van der Waals surface area contributed by atoms with Gasteiger partial charge in [-0.3, -0.25) is 4.79 Å². The zero-order valence-corrected chi connectivity index (χ0v) is 16.2. The van der Waals surface area contributed by atoms with Crippen molar-refractivity contribution in [2.45, 2.75) is 13.8 Å². The number of aryl methyl sites for hydroxylation is 1. The molecule has 2 aromatic carbocycles. The second-order valence-corrected chi connectivity index (χ2v) is 7.60. The molecule has 0 radical (unpaired) electrons. The first kappa shape index (κ1) is 17.9. The van der Waals surface area contributed by atoms with Gasteiger partial charge in [0.15, 0.2) is 5.69 Å². The van der Waals surface area contributed by atoms with Crippen molar-refractivity contribution in [2.24, 2.45) is 5.73 Å². The normalized spacial score (nSPS) is 11.1. The summed E-state index contributed by atoms with van der Waals surface area (Å²) in [5, 5.41) is 10.8. The molecule has 2 aromatic heterocycles. The Morgan fingerprint density at radius 1 is 1.11 bits per heavy atom. The summed E-state index contributed by atoms with van der Waals surface area (Å²) in [6, 6.07) is 13.0. The Bertz CT molecular complexity index is 1210. The van der Waals surface area contributed by atoms with Gasteiger partial charge in [0.05, 0.1) is 15.9 Å². The van der Waals surface area contributed by atoms with Gasteiger partial charge in [0.25, 0.3) is 5.91 Å². The fourth-order valence-electron chi connectivity index (χ4n) is 3.29. The van der Waals surface area contributed by atoms with Crippen molar-refractivity contribution in [3.05, 3.63) is 59.3 Å². The smallest absolute Gasteiger partial charge is 0.269 e. The van der Waals surface area contributed by atoms with Gasteiger partial charge in [-0.05, 0) is 54.8 Å². The van der Waals surface area contributed by atoms with Crippen molar-refractivity contribution in [3.63, 3.8) is 0 Å². The Hall–Kier alpha value is -3.45. The van der Waals surface area contributed by atoms with Crippen molar-refractivity contribution in [3.8, 4) is 27.6 Å². The van der Waals surface area contributed by atoms with Crippen LogP contribution in [-0.4, -0.2) is 21.0 Å². The molecule has 0 aliphatic rings. The van der Waals surface area contributed by atoms with Gasteiger partial charge in [-0.25, -0.2) is 9.97 Å². The molecule has 5 N–H and O–H groups in total. The van der Waals surface area contributed by atoms with Crippen LogP contribution in [0.3, 0.4) is 0 Å². The Labute approximate surface area is 165 Å². The van der Waals surface area contributed by atoms with E-state index >= 15 is 0 Å². The standard InChI is InChI=1S/C21H18N4O2S/c1-10-7-8-15(26)11(2)17(10)12-9-14(24-19(18(12)22)20(23)27)21-25-13-5-3-4-6-16(13)28-21/h3-9,26H,22H2,1-2H3,(H2,23,27). The van der Waals surface area contributed by atoms with Gasteiger partial charge in [0, 0.05) is 5.56 Å². The van der Waals surface area contributed by atoms with Crippen LogP contribution in [0.2, 0.25) is 0 Å². The second kappa shape index (κ2) is 6.61. The molecule has 140 valence electrons. The van der Waals surface area contributed by atoms with Gasteiger partial charge >= 0.3 is 0 Å². The molecule has 6 nitrogen and oxygen atoms in total. The number of pyridine rings is 1. The molecule has 4 aromatic rings. The largest absolute Gasteiger partial charge is 0.508 e. The summed E-state index contributed by atoms with van der Waals surface area (Å²) < 4.78 is 1.02. The van der Waals surface area contributed by atoms with Crippen molar-refractivity contribution in [1.29, 1.82) is 0 Å². The highest BCUT2D eigenvalue weighted by Crippen LogP contribution is 2.39. The van der Waals surface area contributed by atoms with Crippen LogP contribution < -0.4 is 11.5 Å². The number of hydrogen-bond donors (Lipinski definition) is 3. The summed E-state index contributed by atoms with van der Waals surface area (Å²) in [6.07, 6.45) is 0. The summed E-state index contributed by atoms with van der Waals surface area (Å²) in [5.41, 5.74) is 16.3. The van der Waals surface area contributed by atoms with E-state index in [4.69, 9.17) is 11.5 Å². The van der Waals surface area contributed by atoms with Gasteiger partial charge in [0.2, 0.25) is 0 Å². The molecular formula is C21H18N4O2S. The molecule has 0 aliphatic carbocycles. The molecule has 0 saturated heterocycles. The average molecular weight is 390 g/mol. The van der Waals surface area contributed by atoms with Crippen LogP contribution in [0.1, 0.15) is 21.6 Å². The molecule has 2 heterocycles. The number of aromatic hydroxyl groups is 1. The molecular weight excluding hydrogens is 372 g/mol. The zero-order valence-electron chi connectivity index (χ0n) is 15.4. The maximum absolute atomic E-state index is 12.0. The lowest BCUT2D eigenvalue weighted by Crippen LogP contribution is -2.17. The Kier molecular flexibility index (Phi) is 4.24. The number of rotatable bonds is 3. The highest BCUT2D eigenvalue weighted by Gasteiger charge is 2.21. The molecule has 7 heteroatoms. The number of nitrogens with two attached hydrogens (primary N) is 2. The number of primary amides is 1. The molecule has 0 saturated carbocycles. The number of hydrogen-bond acceptors (Lipinski definition) is 6. The number of phenolic OH excluding ortho intramolecular Hbond substituents is 1. The number of anilines is 1. The molecule has 0 fully saturated rings. The second-order valence-electron chi connectivity index (χ2n) is 6.57. The molecule has 0 bridgehead atoms. The highest BCUT2D eigenvalue weighted by molar-refractivity contribution is 7.21. The highest BCUT2D eigenvalue weighted by atomic mass is 32.1. The van der Waals surface area contributed by atoms with Crippen molar-refractivity contribution in [1.82, 2.24) is 9.97 Å². The van der Waals surface area contributed by atoms with Gasteiger partial charge in [-0.15, -0.1) is 11.3 Å². The predicted octanol–water partition coefficient (Wildman–Crippen LogP) is 4.03. The minimum Gasteiger partial charge on any atom is -0.508 e. The fourth-order valence-corrected chi connectivity index (χ4v) is 4.22. The number of amides is 1. The molecule has 1 amide bonds. The lowest BCUT2D eigenvalue weighted by Gasteiger charge is -2.16. The van der Waals surface area contributed by atoms with E-state index in [2.05, 4.69) is 9.97 Å². The molecule has 0 aliphatic heterocycles. The number of nitrogens with zero attached hydrogens (tertiary/aromatic N) is 2. The lowest BCUT2D eigenvalue weighted by atomic mass is 9.93. The van der Waals surface area contributed by atoms with Crippen LogP contribution in [0.5, 0.6) is 5.75 Å². The van der Waals surface area contributed by atoms with Crippen LogP contribution in [0.15, 0.2) is 42.5 Å². The third-order valence-corrected chi connectivity index (χ3v) is 5.78. The predicted molar refractivity (Wildman–Crippen MR) is 112 cm³/mol. The van der Waals surface area contributed by atoms with Gasteiger partial charge in [0.1, 0.15) is 16.5 Å². The number of carbonyl (C=O) groups excluding carboxylic acids is 1. The van der Waals surface area contributed by atoms with Crippen LogP contribution in [-0.2, 0) is 0 Å². The number of benzene rings is 2. The quantitative estimate of drug-likeness (QED) is 0.488. The van der Waals surface area contributed by atoms with Crippen LogP contribution in [0, 0.1) is 13.8 Å².